The SMILES string of the molecule is Cn1c(Sc2cccc(F)c2)c(Sc2cccc(F)c2)c2ccccc21. The highest BCUT2D eigenvalue weighted by molar-refractivity contribution is 8.02. The third-order valence-corrected chi connectivity index (χ3v) is 6.43. The second-order valence-electron chi connectivity index (χ2n) is 5.83. The summed E-state index contributed by atoms with van der Waals surface area (Å²) in [5, 5.41) is 2.11. The first-order valence-electron chi connectivity index (χ1n) is 8.06. The quantitative estimate of drug-likeness (QED) is 0.384. The van der Waals surface area contributed by atoms with Crippen LogP contribution in [0.1, 0.15) is 0 Å². The fourth-order valence-corrected chi connectivity index (χ4v) is 5.13. The van der Waals surface area contributed by atoms with Gasteiger partial charge in [0.15, 0.2) is 0 Å². The second kappa shape index (κ2) is 7.17. The minimum absolute atomic E-state index is 0.255. The van der Waals surface area contributed by atoms with Crippen LogP contribution < -0.4 is 0 Å². The van der Waals surface area contributed by atoms with Crippen LogP contribution in [-0.4, -0.2) is 4.57 Å². The molecule has 0 spiro atoms. The molecule has 0 saturated heterocycles. The molecule has 4 aromatic rings. The van der Waals surface area contributed by atoms with Crippen molar-refractivity contribution in [2.75, 3.05) is 0 Å². The molecule has 1 nitrogen and oxygen atoms in total. The molecule has 0 saturated carbocycles. The Bertz CT molecular complexity index is 1090. The van der Waals surface area contributed by atoms with E-state index in [0.717, 1.165) is 30.6 Å². The maximum atomic E-state index is 13.6. The molecule has 0 aliphatic heterocycles. The first kappa shape index (κ1) is 17.2. The summed E-state index contributed by atoms with van der Waals surface area (Å²) in [7, 11) is 2.00. The van der Waals surface area contributed by atoms with Crippen molar-refractivity contribution in [2.24, 2.45) is 7.05 Å². The van der Waals surface area contributed by atoms with Crippen molar-refractivity contribution < 1.29 is 8.78 Å². The molecule has 3 aromatic carbocycles. The number of halogens is 2. The number of hydrogen-bond donors (Lipinski definition) is 0. The molecule has 1 heterocycles. The van der Waals surface area contributed by atoms with Crippen LogP contribution in [0.4, 0.5) is 8.78 Å². The maximum absolute atomic E-state index is 13.6. The van der Waals surface area contributed by atoms with Crippen molar-refractivity contribution in [3.05, 3.63) is 84.4 Å². The predicted molar refractivity (Wildman–Crippen MR) is 104 cm³/mol. The number of para-hydroxylation sites is 1. The number of hydrogen-bond acceptors (Lipinski definition) is 2. The van der Waals surface area contributed by atoms with Crippen LogP contribution in [0.15, 0.2) is 92.5 Å². The van der Waals surface area contributed by atoms with Crippen molar-refractivity contribution in [2.45, 2.75) is 19.7 Å². The highest BCUT2D eigenvalue weighted by Crippen LogP contribution is 2.44. The highest BCUT2D eigenvalue weighted by Gasteiger charge is 2.17. The molecule has 0 aliphatic rings. The zero-order valence-corrected chi connectivity index (χ0v) is 15.6. The summed E-state index contributed by atoms with van der Waals surface area (Å²) >= 11 is 3.04. The van der Waals surface area contributed by atoms with Gasteiger partial charge >= 0.3 is 0 Å². The van der Waals surface area contributed by atoms with Gasteiger partial charge < -0.3 is 4.57 Å². The van der Waals surface area contributed by atoms with E-state index in [4.69, 9.17) is 0 Å². The number of fused-ring (bicyclic) bond motifs is 1. The summed E-state index contributed by atoms with van der Waals surface area (Å²) in [4.78, 5) is 2.71. The minimum atomic E-state index is -0.256. The van der Waals surface area contributed by atoms with E-state index in [1.165, 1.54) is 47.8 Å². The molecule has 0 atom stereocenters. The van der Waals surface area contributed by atoms with Crippen LogP contribution in [-0.2, 0) is 7.05 Å². The maximum Gasteiger partial charge on any atom is 0.124 e. The van der Waals surface area contributed by atoms with Crippen molar-refractivity contribution in [3.8, 4) is 0 Å². The molecule has 0 fully saturated rings. The van der Waals surface area contributed by atoms with E-state index in [0.29, 0.717) is 0 Å². The standard InChI is InChI=1S/C21H15F2NS2/c1-24-19-11-3-2-10-18(19)20(25-16-8-4-6-14(22)12-16)21(24)26-17-9-5-7-15(23)13-17/h2-13H,1H3. The van der Waals surface area contributed by atoms with Gasteiger partial charge in [-0.05, 0) is 42.5 Å². The lowest BCUT2D eigenvalue weighted by atomic mass is 10.2. The number of nitrogens with zero attached hydrogens (tertiary/aromatic N) is 1. The van der Waals surface area contributed by atoms with Gasteiger partial charge in [-0.3, -0.25) is 0 Å². The van der Waals surface area contributed by atoms with E-state index in [9.17, 15) is 8.78 Å². The van der Waals surface area contributed by atoms with E-state index in [1.54, 1.807) is 12.1 Å². The molecule has 1 aromatic heterocycles. The van der Waals surface area contributed by atoms with Gasteiger partial charge in [0.05, 0.1) is 9.92 Å². The second-order valence-corrected chi connectivity index (χ2v) is 7.98. The normalized spacial score (nSPS) is 11.2. The van der Waals surface area contributed by atoms with Crippen LogP contribution in [0.3, 0.4) is 0 Å². The van der Waals surface area contributed by atoms with Crippen molar-refractivity contribution in [1.82, 2.24) is 4.57 Å². The zero-order chi connectivity index (χ0) is 18.1. The Morgan fingerprint density at radius 1 is 0.731 bits per heavy atom. The van der Waals surface area contributed by atoms with Gasteiger partial charge in [-0.2, -0.15) is 0 Å². The lowest BCUT2D eigenvalue weighted by molar-refractivity contribution is 0.623. The molecule has 0 radical (unpaired) electrons. The molecular weight excluding hydrogens is 368 g/mol. The summed E-state index contributed by atoms with van der Waals surface area (Å²) < 4.78 is 29.3. The van der Waals surface area contributed by atoms with Gasteiger partial charge in [-0.15, -0.1) is 0 Å². The van der Waals surface area contributed by atoms with Crippen LogP contribution in [0.5, 0.6) is 0 Å². The van der Waals surface area contributed by atoms with Gasteiger partial charge in [0.1, 0.15) is 11.6 Å². The van der Waals surface area contributed by atoms with Gasteiger partial charge in [0.25, 0.3) is 0 Å². The minimum Gasteiger partial charge on any atom is -0.338 e. The van der Waals surface area contributed by atoms with Gasteiger partial charge in [0, 0.05) is 27.7 Å². The van der Waals surface area contributed by atoms with E-state index >= 15 is 0 Å². The van der Waals surface area contributed by atoms with Gasteiger partial charge in [0.2, 0.25) is 0 Å². The average molecular weight is 383 g/mol. The topological polar surface area (TPSA) is 4.93 Å². The van der Waals surface area contributed by atoms with Crippen LogP contribution in [0, 0.1) is 11.6 Å². The molecule has 130 valence electrons. The third kappa shape index (κ3) is 3.37. The van der Waals surface area contributed by atoms with Gasteiger partial charge in [-0.25, -0.2) is 8.78 Å². The Hall–Kier alpha value is -2.24. The van der Waals surface area contributed by atoms with Crippen molar-refractivity contribution in [1.29, 1.82) is 0 Å². The molecular formula is C21H15F2NS2. The van der Waals surface area contributed by atoms with Gasteiger partial charge in [-0.1, -0.05) is 53.9 Å². The smallest absolute Gasteiger partial charge is 0.124 e. The molecule has 5 heteroatoms. The predicted octanol–water partition coefficient (Wildman–Crippen LogP) is 6.76. The highest BCUT2D eigenvalue weighted by atomic mass is 32.2. The molecule has 0 N–H and O–H groups in total. The fourth-order valence-electron chi connectivity index (χ4n) is 2.84. The molecule has 26 heavy (non-hydrogen) atoms. The molecule has 0 bridgehead atoms. The Kier molecular flexibility index (Phi) is 4.74. The third-order valence-electron chi connectivity index (χ3n) is 4.04. The summed E-state index contributed by atoms with van der Waals surface area (Å²) in [6.07, 6.45) is 0. The lowest BCUT2D eigenvalue weighted by Gasteiger charge is -2.08. The van der Waals surface area contributed by atoms with E-state index in [1.807, 2.05) is 31.3 Å². The number of rotatable bonds is 4. The Labute approximate surface area is 159 Å². The Morgan fingerprint density at radius 3 is 2.00 bits per heavy atom. The first-order chi connectivity index (χ1) is 12.6. The molecule has 0 unspecified atom stereocenters. The summed E-state index contributed by atoms with van der Waals surface area (Å²) in [6.45, 7) is 0. The molecule has 0 aliphatic carbocycles. The fraction of sp³-hybridized carbons (Fsp3) is 0.0476. The number of aromatic nitrogens is 1. The van der Waals surface area contributed by atoms with Crippen molar-refractivity contribution >= 4 is 34.4 Å². The van der Waals surface area contributed by atoms with Crippen LogP contribution in [0.25, 0.3) is 10.9 Å². The van der Waals surface area contributed by atoms with E-state index < -0.39 is 0 Å². The number of benzene rings is 3. The van der Waals surface area contributed by atoms with E-state index in [-0.39, 0.29) is 11.6 Å². The summed E-state index contributed by atoms with van der Waals surface area (Å²) in [5.74, 6) is -0.511. The number of aryl methyl sites for hydroxylation is 1. The van der Waals surface area contributed by atoms with Crippen LogP contribution in [0.2, 0.25) is 0 Å². The van der Waals surface area contributed by atoms with Crippen molar-refractivity contribution in [3.63, 3.8) is 0 Å². The molecule has 4 rings (SSSR count). The summed E-state index contributed by atoms with van der Waals surface area (Å²) in [5.41, 5.74) is 1.09. The average Bonchev–Trinajstić information content (AvgIpc) is 2.88. The summed E-state index contributed by atoms with van der Waals surface area (Å²) in [6, 6.07) is 21.2. The largest absolute Gasteiger partial charge is 0.338 e. The Morgan fingerprint density at radius 2 is 1.35 bits per heavy atom. The monoisotopic (exact) mass is 383 g/mol. The lowest BCUT2D eigenvalue weighted by Crippen LogP contribution is -1.90. The van der Waals surface area contributed by atoms with Crippen LogP contribution >= 0.6 is 23.5 Å². The Balaban J connectivity index is 1.84. The molecule has 0 amide bonds. The first-order valence-corrected chi connectivity index (χ1v) is 9.69. The zero-order valence-electron chi connectivity index (χ0n) is 13.9. The van der Waals surface area contributed by atoms with E-state index in [2.05, 4.69) is 16.7 Å².